The predicted molar refractivity (Wildman–Crippen MR) is 178 cm³/mol. The Labute approximate surface area is 279 Å². The summed E-state index contributed by atoms with van der Waals surface area (Å²) in [6.45, 7) is 6.31. The second-order valence-electron chi connectivity index (χ2n) is 12.1. The number of allylic oxidation sites excluding steroid dienone is 2. The van der Waals surface area contributed by atoms with Gasteiger partial charge in [-0.15, -0.1) is 0 Å². The SMILES string of the molecule is COc1nc(OCC2(OCCCN3CCC(O)CC3)C=CC=C(c3ccccc3C)C2Br)nc(OC)c1CN1CCC[C@H]1C(=O)O. The van der Waals surface area contributed by atoms with E-state index in [-0.39, 0.29) is 41.9 Å². The molecular formula is C34H45BrN4O7. The van der Waals surface area contributed by atoms with Gasteiger partial charge in [-0.3, -0.25) is 9.69 Å². The molecule has 3 atom stereocenters. The highest BCUT2D eigenvalue weighted by Crippen LogP contribution is 2.40. The third-order valence-corrected chi connectivity index (χ3v) is 10.4. The summed E-state index contributed by atoms with van der Waals surface area (Å²) in [5.41, 5.74) is 3.06. The zero-order valence-corrected chi connectivity index (χ0v) is 28.4. The normalized spacial score (nSPS) is 24.2. The van der Waals surface area contributed by atoms with Crippen LogP contribution in [0.4, 0.5) is 0 Å². The van der Waals surface area contributed by atoms with Crippen molar-refractivity contribution in [2.45, 2.75) is 68.1 Å². The van der Waals surface area contributed by atoms with Crippen LogP contribution in [0.15, 0.2) is 42.5 Å². The molecule has 1 aromatic heterocycles. The fourth-order valence-corrected chi connectivity index (χ4v) is 7.30. The van der Waals surface area contributed by atoms with Crippen molar-refractivity contribution in [3.8, 4) is 17.8 Å². The number of carboxylic acids is 1. The molecular weight excluding hydrogens is 656 g/mol. The smallest absolute Gasteiger partial charge is 0.323 e. The van der Waals surface area contributed by atoms with Crippen LogP contribution in [0, 0.1) is 6.92 Å². The van der Waals surface area contributed by atoms with Gasteiger partial charge in [-0.25, -0.2) is 0 Å². The second-order valence-corrected chi connectivity index (χ2v) is 13.1. The van der Waals surface area contributed by atoms with Gasteiger partial charge >= 0.3 is 12.0 Å². The number of hydrogen-bond donors (Lipinski definition) is 2. The highest BCUT2D eigenvalue weighted by Gasteiger charge is 2.42. The molecule has 2 saturated heterocycles. The Morgan fingerprint density at radius 1 is 1.09 bits per heavy atom. The first kappa shape index (κ1) is 34.3. The standard InChI is InChI=1S/C34H45BrN4O7/c1-23-9-4-5-10-25(23)26-11-6-15-34(29(26)35,46-20-8-16-38-18-13-24(40)14-19-38)22-45-33-36-30(43-2)27(31(37-33)44-3)21-39-17-7-12-28(39)32(41)42/h4-6,9-11,15,24,28-29,40H,7-8,12-14,16-22H2,1-3H3,(H,41,42)/t28-,29?,34?/m0/s1. The molecule has 250 valence electrons. The average Bonchev–Trinajstić information content (AvgIpc) is 3.53. The lowest BCUT2D eigenvalue weighted by Crippen LogP contribution is -2.48. The molecule has 0 bridgehead atoms. The van der Waals surface area contributed by atoms with Crippen molar-refractivity contribution < 1.29 is 34.0 Å². The molecule has 3 aliphatic rings. The zero-order chi connectivity index (χ0) is 32.7. The molecule has 11 nitrogen and oxygen atoms in total. The number of aromatic nitrogens is 2. The van der Waals surface area contributed by atoms with Gasteiger partial charge in [0.05, 0.1) is 30.7 Å². The zero-order valence-electron chi connectivity index (χ0n) is 26.9. The fourth-order valence-electron chi connectivity index (χ4n) is 6.49. The summed E-state index contributed by atoms with van der Waals surface area (Å²) < 4.78 is 24.3. The number of carboxylic acid groups (broad SMARTS) is 1. The summed E-state index contributed by atoms with van der Waals surface area (Å²) in [6.07, 6.45) is 9.76. The van der Waals surface area contributed by atoms with Crippen LogP contribution in [0.1, 0.15) is 48.8 Å². The number of aliphatic hydroxyl groups is 1. The van der Waals surface area contributed by atoms with Gasteiger partial charge in [0, 0.05) is 32.8 Å². The van der Waals surface area contributed by atoms with Gasteiger partial charge in [0.2, 0.25) is 11.8 Å². The Balaban J connectivity index is 1.35. The Bertz CT molecular complexity index is 1390. The van der Waals surface area contributed by atoms with E-state index in [0.29, 0.717) is 25.1 Å². The number of rotatable bonds is 14. The molecule has 5 rings (SSSR count). The Morgan fingerprint density at radius 2 is 1.80 bits per heavy atom. The van der Waals surface area contributed by atoms with E-state index in [0.717, 1.165) is 62.0 Å². The van der Waals surface area contributed by atoms with E-state index >= 15 is 0 Å². The molecule has 2 fully saturated rings. The van der Waals surface area contributed by atoms with E-state index in [1.807, 2.05) is 29.2 Å². The van der Waals surface area contributed by atoms with Gasteiger partial charge in [-0.05, 0) is 68.3 Å². The number of aliphatic hydroxyl groups excluding tert-OH is 1. The molecule has 0 radical (unpaired) electrons. The number of benzene rings is 1. The molecule has 1 aliphatic carbocycles. The van der Waals surface area contributed by atoms with Gasteiger partial charge in [0.1, 0.15) is 18.2 Å². The Hall–Kier alpha value is -3.03. The Kier molecular flexibility index (Phi) is 11.7. The van der Waals surface area contributed by atoms with E-state index in [9.17, 15) is 15.0 Å². The van der Waals surface area contributed by atoms with Gasteiger partial charge in [0.25, 0.3) is 0 Å². The summed E-state index contributed by atoms with van der Waals surface area (Å²) in [6, 6.07) is 7.76. The summed E-state index contributed by atoms with van der Waals surface area (Å²) in [4.78, 5) is 24.9. The minimum atomic E-state index is -0.878. The van der Waals surface area contributed by atoms with E-state index in [1.165, 1.54) is 14.2 Å². The number of carbonyl (C=O) groups is 1. The van der Waals surface area contributed by atoms with Crippen LogP contribution in [0.3, 0.4) is 0 Å². The second kappa shape index (κ2) is 15.7. The van der Waals surface area contributed by atoms with Gasteiger partial charge in [-0.2, -0.15) is 9.97 Å². The quantitative estimate of drug-likeness (QED) is 0.217. The highest BCUT2D eigenvalue weighted by atomic mass is 79.9. The maximum atomic E-state index is 11.8. The van der Waals surface area contributed by atoms with Crippen molar-refractivity contribution in [1.29, 1.82) is 0 Å². The van der Waals surface area contributed by atoms with Crippen LogP contribution in [-0.4, -0.2) is 112 Å². The predicted octanol–water partition coefficient (Wildman–Crippen LogP) is 4.25. The number of nitrogens with zero attached hydrogens (tertiary/aromatic N) is 4. The van der Waals surface area contributed by atoms with Crippen LogP contribution in [0.2, 0.25) is 0 Å². The first-order valence-corrected chi connectivity index (χ1v) is 16.9. The fraction of sp³-hybridized carbons (Fsp3) is 0.559. The number of halogens is 1. The van der Waals surface area contributed by atoms with Gasteiger partial charge in [0.15, 0.2) is 0 Å². The van der Waals surface area contributed by atoms with E-state index < -0.39 is 17.6 Å². The number of methoxy groups -OCH3 is 2. The minimum absolute atomic E-state index is 0.0728. The molecule has 2 N–H and O–H groups in total. The van der Waals surface area contributed by atoms with E-state index in [1.54, 1.807) is 0 Å². The van der Waals surface area contributed by atoms with Crippen molar-refractivity contribution in [3.05, 3.63) is 59.2 Å². The molecule has 1 aromatic carbocycles. The molecule has 2 aliphatic heterocycles. The summed E-state index contributed by atoms with van der Waals surface area (Å²) >= 11 is 3.99. The molecule has 0 saturated carbocycles. The molecule has 12 heteroatoms. The monoisotopic (exact) mass is 700 g/mol. The third-order valence-electron chi connectivity index (χ3n) is 9.09. The van der Waals surface area contributed by atoms with Crippen LogP contribution in [0.5, 0.6) is 17.8 Å². The number of ether oxygens (including phenoxy) is 4. The van der Waals surface area contributed by atoms with Crippen LogP contribution in [0.25, 0.3) is 5.57 Å². The van der Waals surface area contributed by atoms with Crippen LogP contribution in [-0.2, 0) is 16.1 Å². The summed E-state index contributed by atoms with van der Waals surface area (Å²) in [5, 5.41) is 19.5. The number of piperidine rings is 1. The highest BCUT2D eigenvalue weighted by molar-refractivity contribution is 9.09. The maximum Gasteiger partial charge on any atom is 0.323 e. The van der Waals surface area contributed by atoms with Crippen molar-refractivity contribution in [3.63, 3.8) is 0 Å². The topological polar surface area (TPSA) is 127 Å². The molecule has 0 spiro atoms. The molecule has 3 heterocycles. The Morgan fingerprint density at radius 3 is 2.48 bits per heavy atom. The molecule has 46 heavy (non-hydrogen) atoms. The van der Waals surface area contributed by atoms with Gasteiger partial charge < -0.3 is 34.1 Å². The lowest BCUT2D eigenvalue weighted by atomic mass is 9.85. The lowest BCUT2D eigenvalue weighted by Gasteiger charge is -2.38. The van der Waals surface area contributed by atoms with Crippen molar-refractivity contribution in [2.75, 3.05) is 53.6 Å². The summed E-state index contributed by atoms with van der Waals surface area (Å²) in [7, 11) is 3.03. The number of hydrogen-bond acceptors (Lipinski definition) is 10. The van der Waals surface area contributed by atoms with Gasteiger partial charge in [-0.1, -0.05) is 52.3 Å². The van der Waals surface area contributed by atoms with Crippen LogP contribution >= 0.6 is 15.9 Å². The van der Waals surface area contributed by atoms with E-state index in [4.69, 9.17) is 18.9 Å². The largest absolute Gasteiger partial charge is 0.481 e. The first-order valence-electron chi connectivity index (χ1n) is 16.0. The third kappa shape index (κ3) is 7.91. The average molecular weight is 702 g/mol. The summed E-state index contributed by atoms with van der Waals surface area (Å²) in [5.74, 6) is -0.301. The molecule has 2 unspecified atom stereocenters. The van der Waals surface area contributed by atoms with Crippen molar-refractivity contribution in [1.82, 2.24) is 19.8 Å². The number of likely N-dealkylation sites (tertiary alicyclic amines) is 2. The molecule has 2 aromatic rings. The minimum Gasteiger partial charge on any atom is -0.481 e. The van der Waals surface area contributed by atoms with Crippen LogP contribution < -0.4 is 14.2 Å². The number of aryl methyl sites for hydroxylation is 1. The van der Waals surface area contributed by atoms with E-state index in [2.05, 4.69) is 55.9 Å². The maximum absolute atomic E-state index is 11.8. The van der Waals surface area contributed by atoms with Crippen molar-refractivity contribution in [2.24, 2.45) is 0 Å². The number of alkyl halides is 1. The lowest BCUT2D eigenvalue weighted by molar-refractivity contribution is -0.142. The van der Waals surface area contributed by atoms with Crippen molar-refractivity contribution >= 4 is 27.5 Å². The molecule has 0 amide bonds. The number of aliphatic carboxylic acids is 1. The first-order chi connectivity index (χ1) is 22.2.